The Labute approximate surface area is 180 Å². The number of hydrogen-bond acceptors (Lipinski definition) is 4. The number of halogens is 3. The molecule has 1 saturated carbocycles. The second-order valence-corrected chi connectivity index (χ2v) is 9.67. The first kappa shape index (κ1) is 21.7. The van der Waals surface area contributed by atoms with Crippen LogP contribution >= 0.6 is 0 Å². The summed E-state index contributed by atoms with van der Waals surface area (Å²) in [6.45, 7) is 5.97. The molecule has 5 nitrogen and oxygen atoms in total. The molecule has 4 rings (SSSR count). The van der Waals surface area contributed by atoms with Crippen molar-refractivity contribution in [1.29, 1.82) is 5.26 Å². The molecule has 1 heterocycles. The van der Waals surface area contributed by atoms with Gasteiger partial charge in [-0.3, -0.25) is 9.69 Å². The summed E-state index contributed by atoms with van der Waals surface area (Å²) in [4.78, 5) is 19.5. The number of nitriles is 1. The third-order valence-corrected chi connectivity index (χ3v) is 7.88. The Kier molecular flexibility index (Phi) is 4.87. The first-order valence-electron chi connectivity index (χ1n) is 10.7. The zero-order valence-electron chi connectivity index (χ0n) is 18.0. The molecule has 5 atom stereocenters. The Morgan fingerprint density at radius 3 is 2.48 bits per heavy atom. The van der Waals surface area contributed by atoms with Crippen molar-refractivity contribution in [1.82, 2.24) is 4.90 Å². The predicted molar refractivity (Wildman–Crippen MR) is 110 cm³/mol. The highest BCUT2D eigenvalue weighted by atomic mass is 19.4. The number of hydrogen-bond donors (Lipinski definition) is 1. The Morgan fingerprint density at radius 1 is 1.26 bits per heavy atom. The first-order valence-corrected chi connectivity index (χ1v) is 10.7. The molecule has 1 aliphatic heterocycles. The minimum atomic E-state index is -4.40. The second-order valence-electron chi connectivity index (χ2n) is 9.67. The molecule has 8 heteroatoms. The normalized spacial score (nSPS) is 34.9. The molecule has 166 valence electrons. The molecule has 1 amide bonds. The molecule has 0 radical (unpaired) electrons. The quantitative estimate of drug-likeness (QED) is 0.764. The van der Waals surface area contributed by atoms with Gasteiger partial charge in [0.1, 0.15) is 0 Å². The summed E-state index contributed by atoms with van der Waals surface area (Å²) in [6, 6.07) is 7.36. The van der Waals surface area contributed by atoms with Crippen LogP contribution < -0.4 is 5.73 Å². The summed E-state index contributed by atoms with van der Waals surface area (Å²) in [7, 11) is 0. The molecule has 2 spiro atoms. The largest absolute Gasteiger partial charge is 0.390 e. The van der Waals surface area contributed by atoms with Crippen molar-refractivity contribution in [2.45, 2.75) is 58.2 Å². The lowest BCUT2D eigenvalue weighted by Crippen LogP contribution is -2.54. The minimum absolute atomic E-state index is 0.164. The van der Waals surface area contributed by atoms with Gasteiger partial charge in [0.15, 0.2) is 11.5 Å². The van der Waals surface area contributed by atoms with Gasteiger partial charge in [-0.2, -0.15) is 18.4 Å². The van der Waals surface area contributed by atoms with Gasteiger partial charge in [0.25, 0.3) is 5.91 Å². The minimum Gasteiger partial charge on any atom is -0.369 e. The third-order valence-electron chi connectivity index (χ3n) is 7.88. The van der Waals surface area contributed by atoms with Gasteiger partial charge < -0.3 is 5.73 Å². The predicted octanol–water partition coefficient (Wildman–Crippen LogP) is 4.11. The van der Waals surface area contributed by atoms with E-state index in [-0.39, 0.29) is 5.96 Å². The average Bonchev–Trinajstić information content (AvgIpc) is 3.09. The van der Waals surface area contributed by atoms with Crippen molar-refractivity contribution in [2.75, 3.05) is 6.54 Å². The molecule has 3 aliphatic rings. The highest BCUT2D eigenvalue weighted by Crippen LogP contribution is 2.64. The Balaban J connectivity index is 1.86. The molecule has 2 aliphatic carbocycles. The third kappa shape index (κ3) is 3.12. The van der Waals surface area contributed by atoms with Crippen molar-refractivity contribution in [3.05, 3.63) is 34.9 Å². The van der Waals surface area contributed by atoms with Crippen LogP contribution in [-0.4, -0.2) is 29.5 Å². The van der Waals surface area contributed by atoms with E-state index in [0.29, 0.717) is 35.3 Å². The molecule has 0 saturated heterocycles. The monoisotopic (exact) mass is 432 g/mol. The fourth-order valence-electron chi connectivity index (χ4n) is 6.16. The number of nitrogens with two attached hydrogens (primary N) is 1. The van der Waals surface area contributed by atoms with E-state index in [0.717, 1.165) is 23.3 Å². The smallest absolute Gasteiger partial charge is 0.369 e. The van der Waals surface area contributed by atoms with Crippen molar-refractivity contribution >= 4 is 11.9 Å². The van der Waals surface area contributed by atoms with Crippen LogP contribution in [0.3, 0.4) is 0 Å². The van der Waals surface area contributed by atoms with Crippen molar-refractivity contribution < 1.29 is 18.0 Å². The van der Waals surface area contributed by atoms with E-state index >= 15 is 0 Å². The molecule has 0 aromatic heterocycles. The lowest BCUT2D eigenvalue weighted by atomic mass is 9.55. The van der Waals surface area contributed by atoms with E-state index in [1.54, 1.807) is 12.1 Å². The highest BCUT2D eigenvalue weighted by Gasteiger charge is 2.67. The molecule has 2 unspecified atom stereocenters. The van der Waals surface area contributed by atoms with Crippen LogP contribution in [0.4, 0.5) is 13.2 Å². The fourth-order valence-corrected chi connectivity index (χ4v) is 6.16. The van der Waals surface area contributed by atoms with Gasteiger partial charge in [0, 0.05) is 12.0 Å². The van der Waals surface area contributed by atoms with Gasteiger partial charge in [-0.25, -0.2) is 4.99 Å². The average molecular weight is 432 g/mol. The summed E-state index contributed by atoms with van der Waals surface area (Å²) < 4.78 is 38.7. The van der Waals surface area contributed by atoms with E-state index in [9.17, 15) is 23.2 Å². The van der Waals surface area contributed by atoms with Gasteiger partial charge >= 0.3 is 6.18 Å². The van der Waals surface area contributed by atoms with Crippen LogP contribution in [0.1, 0.15) is 56.7 Å². The number of fused-ring (bicyclic) bond motifs is 3. The summed E-state index contributed by atoms with van der Waals surface area (Å²) in [5.41, 5.74) is 6.11. The van der Waals surface area contributed by atoms with Crippen LogP contribution in [0.25, 0.3) is 0 Å². The zero-order chi connectivity index (χ0) is 22.8. The zero-order valence-corrected chi connectivity index (χ0v) is 18.0. The Morgan fingerprint density at radius 2 is 1.90 bits per heavy atom. The molecule has 1 aromatic carbocycles. The maximum atomic E-state index is 13.9. The fraction of sp³-hybridized carbons (Fsp3) is 0.609. The van der Waals surface area contributed by atoms with Gasteiger partial charge in [-0.05, 0) is 60.3 Å². The molecule has 1 fully saturated rings. The number of nitrogens with zero attached hydrogens (tertiary/aromatic N) is 3. The lowest BCUT2D eigenvalue weighted by molar-refractivity contribution is -0.146. The van der Waals surface area contributed by atoms with Crippen molar-refractivity contribution in [3.8, 4) is 6.07 Å². The number of alkyl halides is 3. The van der Waals surface area contributed by atoms with Gasteiger partial charge in [0.2, 0.25) is 0 Å². The number of amides is 1. The molecule has 0 bridgehead atoms. The van der Waals surface area contributed by atoms with Gasteiger partial charge in [0.05, 0.1) is 18.1 Å². The van der Waals surface area contributed by atoms with Crippen molar-refractivity contribution in [3.63, 3.8) is 0 Å². The number of carbonyl (C=O) groups excluding carboxylic acids is 1. The van der Waals surface area contributed by atoms with E-state index < -0.39 is 36.0 Å². The summed E-state index contributed by atoms with van der Waals surface area (Å²) in [6.07, 6.45) is -3.49. The second kappa shape index (κ2) is 6.98. The van der Waals surface area contributed by atoms with Crippen molar-refractivity contribution in [2.24, 2.45) is 33.9 Å². The summed E-state index contributed by atoms with van der Waals surface area (Å²) >= 11 is 0. The van der Waals surface area contributed by atoms with Crippen LogP contribution in [-0.2, 0) is 16.8 Å². The molecule has 1 aromatic rings. The van der Waals surface area contributed by atoms with E-state index in [2.05, 4.69) is 31.8 Å². The number of guanidine groups is 1. The van der Waals surface area contributed by atoms with Crippen LogP contribution in [0.15, 0.2) is 23.2 Å². The van der Waals surface area contributed by atoms with Crippen LogP contribution in [0, 0.1) is 34.5 Å². The van der Waals surface area contributed by atoms with E-state index in [1.165, 1.54) is 0 Å². The van der Waals surface area contributed by atoms with Crippen LogP contribution in [0.5, 0.6) is 0 Å². The summed E-state index contributed by atoms with van der Waals surface area (Å²) in [5.74, 6) is 0.442. The van der Waals surface area contributed by atoms with Crippen LogP contribution in [0.2, 0.25) is 0 Å². The standard InChI is InChI=1S/C23H27F3N4O/c1-13-9-21(10-14(2)15(13)3)11-17-5-4-16(12-27)8-18(17)23(21)19(31)30(20(28)29-23)7-6-22(24,25)26/h4-5,8,13-15H,6-7,9-11H2,1-3H3,(H2,28,29)/t13-,14+,15?,21?,23-/m1/s1. The molecule has 2 N–H and O–H groups in total. The SMILES string of the molecule is CC1[C@H](C)CC2(Cc3ccc(C#N)cc3[C@]23N=C(N)N(CCC(F)(F)F)C3=O)C[C@@H]1C. The maximum absolute atomic E-state index is 13.9. The van der Waals surface area contributed by atoms with E-state index in [4.69, 9.17) is 5.73 Å². The number of benzene rings is 1. The van der Waals surface area contributed by atoms with E-state index in [1.807, 2.05) is 6.07 Å². The topological polar surface area (TPSA) is 82.5 Å². The maximum Gasteiger partial charge on any atom is 0.390 e. The first-order chi connectivity index (χ1) is 14.4. The van der Waals surface area contributed by atoms with Gasteiger partial charge in [-0.15, -0.1) is 0 Å². The Bertz CT molecular complexity index is 984. The number of rotatable bonds is 2. The number of aliphatic imine (C=N–C) groups is 1. The molecular weight excluding hydrogens is 405 g/mol. The highest BCUT2D eigenvalue weighted by molar-refractivity contribution is 6.08. The lowest BCUT2D eigenvalue weighted by Gasteiger charge is -2.50. The molecule has 31 heavy (non-hydrogen) atoms. The van der Waals surface area contributed by atoms with Gasteiger partial charge in [-0.1, -0.05) is 26.8 Å². The summed E-state index contributed by atoms with van der Waals surface area (Å²) in [5, 5.41) is 9.43. The number of carbonyl (C=O) groups is 1. The Hall–Kier alpha value is -2.56. The molecular formula is C23H27F3N4O.